The Hall–Kier alpha value is -7.00. The lowest BCUT2D eigenvalue weighted by Gasteiger charge is -2.33. The van der Waals surface area contributed by atoms with Gasteiger partial charge in [0.25, 0.3) is 0 Å². The van der Waals surface area contributed by atoms with Crippen LogP contribution in [0.5, 0.6) is 0 Å². The summed E-state index contributed by atoms with van der Waals surface area (Å²) in [7, 11) is 0. The molecule has 0 saturated heterocycles. The molecule has 0 bridgehead atoms. The van der Waals surface area contributed by atoms with Crippen LogP contribution in [0, 0.1) is 0 Å². The molecule has 1 heterocycles. The molecule has 0 aliphatic heterocycles. The molecule has 1 spiro atoms. The van der Waals surface area contributed by atoms with E-state index < -0.39 is 5.41 Å². The van der Waals surface area contributed by atoms with Gasteiger partial charge in [0.2, 0.25) is 0 Å². The fourth-order valence-electron chi connectivity index (χ4n) is 9.96. The summed E-state index contributed by atoms with van der Waals surface area (Å²) >= 11 is 1.90. The van der Waals surface area contributed by atoms with Gasteiger partial charge in [-0.05, 0) is 104 Å². The van der Waals surface area contributed by atoms with E-state index in [0.717, 1.165) is 17.1 Å². The third-order valence-electron chi connectivity index (χ3n) is 12.3. The van der Waals surface area contributed by atoms with Crippen molar-refractivity contribution in [1.82, 2.24) is 0 Å². The Labute approximate surface area is 336 Å². The molecule has 2 aliphatic carbocycles. The van der Waals surface area contributed by atoms with Crippen LogP contribution in [0.15, 0.2) is 212 Å². The fourth-order valence-corrected chi connectivity index (χ4v) is 11.1. The van der Waals surface area contributed by atoms with Gasteiger partial charge in [0.05, 0.1) is 11.1 Å². The minimum absolute atomic E-state index is 0.479. The largest absolute Gasteiger partial charge is 0.310 e. The maximum absolute atomic E-state index is 2.50. The number of rotatable bonds is 5. The first-order chi connectivity index (χ1) is 28.3. The number of thiophene rings is 1. The maximum atomic E-state index is 2.50. The molecule has 12 rings (SSSR count). The molecule has 266 valence electrons. The van der Waals surface area contributed by atoms with E-state index >= 15 is 0 Å². The lowest BCUT2D eigenvalue weighted by molar-refractivity contribution is 0.794. The van der Waals surface area contributed by atoms with Crippen molar-refractivity contribution in [3.63, 3.8) is 0 Å². The maximum Gasteiger partial charge on any atom is 0.0726 e. The van der Waals surface area contributed by atoms with Gasteiger partial charge >= 0.3 is 0 Å². The van der Waals surface area contributed by atoms with E-state index in [1.54, 1.807) is 0 Å². The van der Waals surface area contributed by atoms with E-state index in [2.05, 4.69) is 217 Å². The normalized spacial score (nSPS) is 14.7. The predicted molar refractivity (Wildman–Crippen MR) is 241 cm³/mol. The summed E-state index contributed by atoms with van der Waals surface area (Å²) in [6, 6.07) is 78.6. The summed E-state index contributed by atoms with van der Waals surface area (Å²) in [5, 5.41) is 2.71. The van der Waals surface area contributed by atoms with Gasteiger partial charge < -0.3 is 4.90 Å². The molecule has 0 amide bonds. The Morgan fingerprint density at radius 1 is 0.351 bits per heavy atom. The minimum atomic E-state index is -0.479. The van der Waals surface area contributed by atoms with Crippen LogP contribution in [-0.4, -0.2) is 0 Å². The molecule has 57 heavy (non-hydrogen) atoms. The number of nitrogens with zero attached hydrogens (tertiary/aromatic N) is 1. The number of hydrogen-bond donors (Lipinski definition) is 0. The van der Waals surface area contributed by atoms with E-state index in [1.807, 2.05) is 11.3 Å². The predicted octanol–water partition coefficient (Wildman–Crippen LogP) is 15.2. The first-order valence-corrected chi connectivity index (χ1v) is 20.5. The van der Waals surface area contributed by atoms with Gasteiger partial charge in [-0.1, -0.05) is 170 Å². The number of para-hydroxylation sites is 1. The van der Waals surface area contributed by atoms with Crippen LogP contribution in [0.1, 0.15) is 22.3 Å². The van der Waals surface area contributed by atoms with Crippen molar-refractivity contribution in [2.24, 2.45) is 0 Å². The second-order valence-electron chi connectivity index (χ2n) is 15.2. The molecule has 10 aromatic rings. The van der Waals surface area contributed by atoms with Crippen LogP contribution in [0.4, 0.5) is 17.1 Å². The standard InChI is InChI=1S/C55H35NS/c1-3-15-36(16-4-1)37-27-29-39(30-28-37)56(50-25-13-9-19-41(50)38-17-5-2-6-18-38)40-31-32-43-42-20-7-11-23-46(42)55(49(43)35-40)47-24-12-8-21-44(47)53-48(55)33-34-52-54(53)45-22-10-14-26-51(45)57-52/h1-35H. The Balaban J connectivity index is 1.14. The van der Waals surface area contributed by atoms with Gasteiger partial charge in [-0.25, -0.2) is 0 Å². The molecule has 2 heteroatoms. The lowest BCUT2D eigenvalue weighted by atomic mass is 9.70. The molecule has 2 aliphatic rings. The Bertz CT molecular complexity index is 3180. The van der Waals surface area contributed by atoms with Crippen LogP contribution in [-0.2, 0) is 5.41 Å². The first-order valence-electron chi connectivity index (χ1n) is 19.7. The first kappa shape index (κ1) is 32.3. The van der Waals surface area contributed by atoms with Gasteiger partial charge in [0, 0.05) is 37.1 Å². The Morgan fingerprint density at radius 3 is 1.72 bits per heavy atom. The number of benzene rings is 9. The van der Waals surface area contributed by atoms with Crippen LogP contribution in [0.3, 0.4) is 0 Å². The van der Waals surface area contributed by atoms with Crippen LogP contribution in [0.2, 0.25) is 0 Å². The van der Waals surface area contributed by atoms with E-state index in [-0.39, 0.29) is 0 Å². The molecule has 1 nitrogen and oxygen atoms in total. The van der Waals surface area contributed by atoms with Crippen molar-refractivity contribution in [2.45, 2.75) is 5.41 Å². The summed E-state index contributed by atoms with van der Waals surface area (Å²) < 4.78 is 2.67. The number of hydrogen-bond acceptors (Lipinski definition) is 2. The highest BCUT2D eigenvalue weighted by atomic mass is 32.1. The molecule has 0 saturated carbocycles. The van der Waals surface area contributed by atoms with E-state index in [4.69, 9.17) is 0 Å². The molecule has 1 atom stereocenters. The van der Waals surface area contributed by atoms with Gasteiger partial charge in [0.1, 0.15) is 0 Å². The molecule has 1 aromatic heterocycles. The second-order valence-corrected chi connectivity index (χ2v) is 16.2. The number of anilines is 3. The topological polar surface area (TPSA) is 3.24 Å². The zero-order valence-corrected chi connectivity index (χ0v) is 31.9. The van der Waals surface area contributed by atoms with Crippen LogP contribution in [0.25, 0.3) is 64.7 Å². The molecular formula is C55H35NS. The molecule has 0 fully saturated rings. The molecule has 1 unspecified atom stereocenters. The van der Waals surface area contributed by atoms with Crippen molar-refractivity contribution in [1.29, 1.82) is 0 Å². The van der Waals surface area contributed by atoms with Gasteiger partial charge in [0.15, 0.2) is 0 Å². The van der Waals surface area contributed by atoms with Crippen molar-refractivity contribution >= 4 is 48.6 Å². The molecular weight excluding hydrogens is 707 g/mol. The smallest absolute Gasteiger partial charge is 0.0726 e. The minimum Gasteiger partial charge on any atom is -0.310 e. The summed E-state index contributed by atoms with van der Waals surface area (Å²) in [4.78, 5) is 2.46. The van der Waals surface area contributed by atoms with Gasteiger partial charge in [-0.15, -0.1) is 11.3 Å². The van der Waals surface area contributed by atoms with E-state index in [1.165, 1.54) is 86.9 Å². The highest BCUT2D eigenvalue weighted by molar-refractivity contribution is 7.26. The highest BCUT2D eigenvalue weighted by Crippen LogP contribution is 2.65. The van der Waals surface area contributed by atoms with E-state index in [9.17, 15) is 0 Å². The Kier molecular flexibility index (Phi) is 7.08. The summed E-state index contributed by atoms with van der Waals surface area (Å²) in [5.41, 5.74) is 18.4. The Morgan fingerprint density at radius 2 is 0.930 bits per heavy atom. The zero-order valence-electron chi connectivity index (χ0n) is 31.1. The van der Waals surface area contributed by atoms with E-state index in [0.29, 0.717) is 0 Å². The fraction of sp³-hybridized carbons (Fsp3) is 0.0182. The summed E-state index contributed by atoms with van der Waals surface area (Å²) in [6.07, 6.45) is 0. The molecule has 9 aromatic carbocycles. The monoisotopic (exact) mass is 741 g/mol. The lowest BCUT2D eigenvalue weighted by Crippen LogP contribution is -2.26. The number of fused-ring (bicyclic) bond motifs is 14. The molecule has 0 N–H and O–H groups in total. The summed E-state index contributed by atoms with van der Waals surface area (Å²) in [6.45, 7) is 0. The SMILES string of the molecule is c1ccc(-c2ccc(N(c3ccc4c(c3)C3(c5ccccc5-4)c4ccccc4-c4c3ccc3sc5ccccc5c43)c3ccccc3-c3ccccc3)cc2)cc1. The van der Waals surface area contributed by atoms with Crippen molar-refractivity contribution in [2.75, 3.05) is 4.90 Å². The van der Waals surface area contributed by atoms with Crippen LogP contribution >= 0.6 is 11.3 Å². The highest BCUT2D eigenvalue weighted by Gasteiger charge is 2.52. The second kappa shape index (κ2) is 12.5. The van der Waals surface area contributed by atoms with Crippen molar-refractivity contribution in [3.05, 3.63) is 235 Å². The third kappa shape index (κ3) is 4.62. The molecule has 0 radical (unpaired) electrons. The van der Waals surface area contributed by atoms with Crippen LogP contribution < -0.4 is 4.90 Å². The average molecular weight is 742 g/mol. The van der Waals surface area contributed by atoms with Crippen molar-refractivity contribution in [3.8, 4) is 44.5 Å². The summed E-state index contributed by atoms with van der Waals surface area (Å²) in [5.74, 6) is 0. The third-order valence-corrected chi connectivity index (χ3v) is 13.4. The van der Waals surface area contributed by atoms with Gasteiger partial charge in [-0.3, -0.25) is 0 Å². The zero-order chi connectivity index (χ0) is 37.5. The van der Waals surface area contributed by atoms with Gasteiger partial charge in [-0.2, -0.15) is 0 Å². The van der Waals surface area contributed by atoms with Crippen molar-refractivity contribution < 1.29 is 0 Å². The quantitative estimate of drug-likeness (QED) is 0.170. The average Bonchev–Trinajstić information content (AvgIpc) is 3.91.